The predicted octanol–water partition coefficient (Wildman–Crippen LogP) is 3.11. The van der Waals surface area contributed by atoms with E-state index in [0.717, 1.165) is 17.7 Å². The molecule has 3 heteroatoms. The first kappa shape index (κ1) is 12.0. The van der Waals surface area contributed by atoms with E-state index >= 15 is 0 Å². The highest BCUT2D eigenvalue weighted by molar-refractivity contribution is 5.88. The topological polar surface area (TPSA) is 40.5 Å². The van der Waals surface area contributed by atoms with Gasteiger partial charge in [0.1, 0.15) is 0 Å². The maximum Gasteiger partial charge on any atom is 0.335 e. The minimum Gasteiger partial charge on any atom is -0.478 e. The molecule has 0 bridgehead atoms. The van der Waals surface area contributed by atoms with Crippen molar-refractivity contribution < 1.29 is 9.90 Å². The highest BCUT2D eigenvalue weighted by Crippen LogP contribution is 2.42. The Morgan fingerprint density at radius 2 is 2.12 bits per heavy atom. The first-order chi connectivity index (χ1) is 7.83. The fraction of sp³-hybridized carbons (Fsp3) is 0.500. The molecule has 0 spiro atoms. The van der Waals surface area contributed by atoms with Crippen LogP contribution in [0.5, 0.6) is 0 Å². The number of hydrogen-bond donors (Lipinski definition) is 1. The van der Waals surface area contributed by atoms with Gasteiger partial charge in [-0.1, -0.05) is 6.92 Å². The van der Waals surface area contributed by atoms with Crippen molar-refractivity contribution in [3.63, 3.8) is 0 Å². The standard InChI is InChI=1S/C14H19NO2/c1-9-8-14(2,3)15(4)12-6-5-10(13(16)17)7-11(9)12/h5-7,9H,8H2,1-4H3,(H,16,17). The smallest absolute Gasteiger partial charge is 0.335 e. The summed E-state index contributed by atoms with van der Waals surface area (Å²) in [6, 6.07) is 5.43. The number of carbonyl (C=O) groups is 1. The van der Waals surface area contributed by atoms with Gasteiger partial charge in [0.2, 0.25) is 0 Å². The Hall–Kier alpha value is -1.51. The third-order valence-electron chi connectivity index (χ3n) is 3.88. The molecule has 1 aromatic rings. The van der Waals surface area contributed by atoms with E-state index in [-0.39, 0.29) is 5.54 Å². The first-order valence-corrected chi connectivity index (χ1v) is 5.94. The lowest BCUT2D eigenvalue weighted by atomic mass is 9.80. The summed E-state index contributed by atoms with van der Waals surface area (Å²) < 4.78 is 0. The molecule has 1 unspecified atom stereocenters. The van der Waals surface area contributed by atoms with Crippen molar-refractivity contribution in [1.82, 2.24) is 0 Å². The van der Waals surface area contributed by atoms with Crippen molar-refractivity contribution in [2.24, 2.45) is 0 Å². The van der Waals surface area contributed by atoms with Gasteiger partial charge in [0.25, 0.3) is 0 Å². The molecular weight excluding hydrogens is 214 g/mol. The Labute approximate surface area is 102 Å². The van der Waals surface area contributed by atoms with Gasteiger partial charge in [-0.15, -0.1) is 0 Å². The maximum absolute atomic E-state index is 11.0. The molecule has 2 rings (SSSR count). The molecule has 0 aromatic heterocycles. The number of carboxylic acid groups (broad SMARTS) is 1. The van der Waals surface area contributed by atoms with Crippen molar-refractivity contribution in [1.29, 1.82) is 0 Å². The van der Waals surface area contributed by atoms with Crippen LogP contribution in [0.3, 0.4) is 0 Å². The third-order valence-corrected chi connectivity index (χ3v) is 3.88. The van der Waals surface area contributed by atoms with Gasteiger partial charge in [-0.05, 0) is 49.9 Å². The summed E-state index contributed by atoms with van der Waals surface area (Å²) in [5, 5.41) is 9.03. The van der Waals surface area contributed by atoms with Crippen molar-refractivity contribution in [3.05, 3.63) is 29.3 Å². The molecule has 1 atom stereocenters. The highest BCUT2D eigenvalue weighted by Gasteiger charge is 2.34. The molecule has 0 saturated carbocycles. The van der Waals surface area contributed by atoms with E-state index in [1.54, 1.807) is 6.07 Å². The molecule has 92 valence electrons. The minimum atomic E-state index is -0.854. The van der Waals surface area contributed by atoms with E-state index < -0.39 is 5.97 Å². The summed E-state index contributed by atoms with van der Waals surface area (Å²) in [5.74, 6) is -0.456. The van der Waals surface area contributed by atoms with Gasteiger partial charge >= 0.3 is 5.97 Å². The Morgan fingerprint density at radius 3 is 2.71 bits per heavy atom. The molecule has 17 heavy (non-hydrogen) atoms. The molecule has 1 heterocycles. The molecule has 1 aromatic carbocycles. The predicted molar refractivity (Wildman–Crippen MR) is 68.9 cm³/mol. The number of hydrogen-bond acceptors (Lipinski definition) is 2. The summed E-state index contributed by atoms with van der Waals surface area (Å²) >= 11 is 0. The zero-order valence-electron chi connectivity index (χ0n) is 10.8. The second kappa shape index (κ2) is 3.76. The number of anilines is 1. The van der Waals surface area contributed by atoms with E-state index in [0.29, 0.717) is 11.5 Å². The summed E-state index contributed by atoms with van der Waals surface area (Å²) in [4.78, 5) is 13.2. The van der Waals surface area contributed by atoms with E-state index in [4.69, 9.17) is 5.11 Å². The molecule has 0 aliphatic carbocycles. The fourth-order valence-electron chi connectivity index (χ4n) is 2.71. The van der Waals surface area contributed by atoms with Gasteiger partial charge in [0.05, 0.1) is 5.56 Å². The van der Waals surface area contributed by atoms with E-state index in [1.165, 1.54) is 0 Å². The molecule has 0 amide bonds. The van der Waals surface area contributed by atoms with E-state index in [2.05, 4.69) is 32.7 Å². The number of benzene rings is 1. The molecule has 1 aliphatic heterocycles. The Kier molecular flexibility index (Phi) is 2.64. The van der Waals surface area contributed by atoms with Crippen molar-refractivity contribution >= 4 is 11.7 Å². The zero-order valence-corrected chi connectivity index (χ0v) is 10.8. The summed E-state index contributed by atoms with van der Waals surface area (Å²) in [6.45, 7) is 6.61. The Balaban J connectivity index is 2.53. The van der Waals surface area contributed by atoms with Crippen molar-refractivity contribution in [2.45, 2.75) is 38.6 Å². The maximum atomic E-state index is 11.0. The lowest BCUT2D eigenvalue weighted by Gasteiger charge is -2.45. The zero-order chi connectivity index (χ0) is 12.8. The van der Waals surface area contributed by atoms with Gasteiger partial charge in [0, 0.05) is 18.3 Å². The van der Waals surface area contributed by atoms with Crippen LogP contribution in [0.25, 0.3) is 0 Å². The van der Waals surface area contributed by atoms with Crippen LogP contribution in [0.1, 0.15) is 49.0 Å². The second-order valence-electron chi connectivity index (χ2n) is 5.56. The number of aromatic carboxylic acids is 1. The normalized spacial score (nSPS) is 22.1. The molecule has 3 nitrogen and oxygen atoms in total. The summed E-state index contributed by atoms with van der Waals surface area (Å²) in [7, 11) is 2.07. The average Bonchev–Trinajstić information content (AvgIpc) is 2.25. The third kappa shape index (κ3) is 1.90. The number of nitrogens with zero attached hydrogens (tertiary/aromatic N) is 1. The summed E-state index contributed by atoms with van der Waals surface area (Å²) in [6.07, 6.45) is 1.04. The van der Waals surface area contributed by atoms with E-state index in [9.17, 15) is 4.79 Å². The minimum absolute atomic E-state index is 0.122. The largest absolute Gasteiger partial charge is 0.478 e. The molecule has 0 saturated heterocycles. The van der Waals surface area contributed by atoms with Gasteiger partial charge in [-0.2, -0.15) is 0 Å². The van der Waals surface area contributed by atoms with Gasteiger partial charge in [-0.25, -0.2) is 4.79 Å². The monoisotopic (exact) mass is 233 g/mol. The lowest BCUT2D eigenvalue weighted by Crippen LogP contribution is -2.45. The lowest BCUT2D eigenvalue weighted by molar-refractivity contribution is 0.0696. The fourth-order valence-corrected chi connectivity index (χ4v) is 2.71. The molecule has 0 radical (unpaired) electrons. The van der Waals surface area contributed by atoms with Crippen LogP contribution < -0.4 is 4.90 Å². The van der Waals surface area contributed by atoms with Gasteiger partial charge < -0.3 is 10.0 Å². The Bertz CT molecular complexity index is 465. The van der Waals surface area contributed by atoms with Crippen LogP contribution in [0.4, 0.5) is 5.69 Å². The highest BCUT2D eigenvalue weighted by atomic mass is 16.4. The van der Waals surface area contributed by atoms with Crippen molar-refractivity contribution in [3.8, 4) is 0 Å². The summed E-state index contributed by atoms with van der Waals surface area (Å²) in [5.41, 5.74) is 2.80. The molecule has 1 aliphatic rings. The van der Waals surface area contributed by atoms with Crippen LogP contribution in [0.2, 0.25) is 0 Å². The average molecular weight is 233 g/mol. The van der Waals surface area contributed by atoms with Crippen molar-refractivity contribution in [2.75, 3.05) is 11.9 Å². The van der Waals surface area contributed by atoms with Gasteiger partial charge in [0.15, 0.2) is 0 Å². The van der Waals surface area contributed by atoms with Crippen LogP contribution in [0.15, 0.2) is 18.2 Å². The second-order valence-corrected chi connectivity index (χ2v) is 5.56. The molecule has 1 N–H and O–H groups in total. The number of fused-ring (bicyclic) bond motifs is 1. The molecular formula is C14H19NO2. The Morgan fingerprint density at radius 1 is 1.47 bits per heavy atom. The number of rotatable bonds is 1. The quantitative estimate of drug-likeness (QED) is 0.810. The molecule has 0 fully saturated rings. The SMILES string of the molecule is CC1CC(C)(C)N(C)c2ccc(C(=O)O)cc21. The number of carboxylic acids is 1. The van der Waals surface area contributed by atoms with Crippen LogP contribution in [-0.4, -0.2) is 23.7 Å². The van der Waals surface area contributed by atoms with E-state index in [1.807, 2.05) is 12.1 Å². The van der Waals surface area contributed by atoms with Crippen LogP contribution >= 0.6 is 0 Å². The van der Waals surface area contributed by atoms with Crippen LogP contribution in [0, 0.1) is 0 Å². The van der Waals surface area contributed by atoms with Crippen LogP contribution in [-0.2, 0) is 0 Å². The van der Waals surface area contributed by atoms with Gasteiger partial charge in [-0.3, -0.25) is 0 Å². The first-order valence-electron chi connectivity index (χ1n) is 5.94.